The Balaban J connectivity index is 1.92. The van der Waals surface area contributed by atoms with Crippen molar-refractivity contribution in [1.82, 2.24) is 4.90 Å². The van der Waals surface area contributed by atoms with E-state index in [0.29, 0.717) is 25.0 Å². The van der Waals surface area contributed by atoms with Gasteiger partial charge in [0.25, 0.3) is 6.08 Å². The van der Waals surface area contributed by atoms with Crippen molar-refractivity contribution in [3.8, 4) is 0 Å². The Hall–Kier alpha value is -0.480. The molecule has 4 heteroatoms. The largest absolute Gasteiger partial charge is 0.396 e. The molecule has 1 aliphatic heterocycles. The summed E-state index contributed by atoms with van der Waals surface area (Å²) in [4.78, 5) is 2.25. The molecule has 0 amide bonds. The lowest BCUT2D eigenvalue weighted by atomic mass is 9.96. The zero-order valence-electron chi connectivity index (χ0n) is 9.68. The maximum Gasteiger partial charge on any atom is 0.269 e. The zero-order chi connectivity index (χ0) is 11.8. The van der Waals surface area contributed by atoms with Gasteiger partial charge in [0.15, 0.2) is 0 Å². The normalized spacial score (nSPS) is 29.2. The highest BCUT2D eigenvalue weighted by Crippen LogP contribution is 2.46. The van der Waals surface area contributed by atoms with E-state index in [9.17, 15) is 13.9 Å². The molecule has 1 aliphatic carbocycles. The Morgan fingerprint density at radius 3 is 2.62 bits per heavy atom. The molecule has 92 valence electrons. The maximum atomic E-state index is 12.5. The topological polar surface area (TPSA) is 23.5 Å². The molecule has 2 aliphatic rings. The summed E-state index contributed by atoms with van der Waals surface area (Å²) in [7, 11) is 0. The molecule has 1 atom stereocenters. The summed E-state index contributed by atoms with van der Waals surface area (Å²) in [6, 6.07) is 0.175. The van der Waals surface area contributed by atoms with Gasteiger partial charge in [-0.3, -0.25) is 4.90 Å². The van der Waals surface area contributed by atoms with E-state index in [4.69, 9.17) is 0 Å². The number of halogens is 2. The molecule has 0 radical (unpaired) electrons. The molecule has 2 rings (SSSR count). The van der Waals surface area contributed by atoms with Crippen LogP contribution in [0.2, 0.25) is 0 Å². The fourth-order valence-electron chi connectivity index (χ4n) is 2.47. The fourth-order valence-corrected chi connectivity index (χ4v) is 2.47. The van der Waals surface area contributed by atoms with Gasteiger partial charge in [-0.2, -0.15) is 8.78 Å². The third-order valence-electron chi connectivity index (χ3n) is 3.96. The molecule has 0 aromatic carbocycles. The first kappa shape index (κ1) is 12.0. The number of aliphatic hydroxyl groups excluding tert-OH is 1. The summed E-state index contributed by atoms with van der Waals surface area (Å²) >= 11 is 0. The average molecular weight is 231 g/mol. The minimum Gasteiger partial charge on any atom is -0.396 e. The Morgan fingerprint density at radius 1 is 1.50 bits per heavy atom. The number of piperidine rings is 1. The lowest BCUT2D eigenvalue weighted by Crippen LogP contribution is -2.42. The summed E-state index contributed by atoms with van der Waals surface area (Å²) < 4.78 is 24.9. The van der Waals surface area contributed by atoms with Gasteiger partial charge in [0.1, 0.15) is 0 Å². The Bertz CT molecular complexity index is 295. The van der Waals surface area contributed by atoms with Crippen LogP contribution in [0.1, 0.15) is 32.6 Å². The second-order valence-corrected chi connectivity index (χ2v) is 5.30. The minimum absolute atomic E-state index is 0.0870. The number of nitrogens with zero attached hydrogens (tertiary/aromatic N) is 1. The summed E-state index contributed by atoms with van der Waals surface area (Å²) in [6.45, 7) is 3.80. The van der Waals surface area contributed by atoms with Crippen molar-refractivity contribution in [2.24, 2.45) is 5.41 Å². The fraction of sp³-hybridized carbons (Fsp3) is 0.833. The molecule has 0 aromatic heterocycles. The van der Waals surface area contributed by atoms with Crippen LogP contribution in [0.15, 0.2) is 11.7 Å². The van der Waals surface area contributed by atoms with E-state index in [1.165, 1.54) is 0 Å². The Morgan fingerprint density at radius 2 is 2.19 bits per heavy atom. The lowest BCUT2D eigenvalue weighted by Gasteiger charge is -2.36. The molecule has 1 heterocycles. The predicted molar refractivity (Wildman–Crippen MR) is 58.3 cm³/mol. The van der Waals surface area contributed by atoms with E-state index in [1.807, 2.05) is 6.92 Å². The van der Waals surface area contributed by atoms with E-state index in [1.54, 1.807) is 0 Å². The second kappa shape index (κ2) is 4.41. The highest BCUT2D eigenvalue weighted by Gasteiger charge is 2.44. The first-order chi connectivity index (χ1) is 7.56. The van der Waals surface area contributed by atoms with E-state index < -0.39 is 6.08 Å². The first-order valence-electron chi connectivity index (χ1n) is 5.94. The van der Waals surface area contributed by atoms with Crippen LogP contribution in [0.25, 0.3) is 0 Å². The number of aliphatic hydroxyl groups is 1. The monoisotopic (exact) mass is 231 g/mol. The van der Waals surface area contributed by atoms with Crippen molar-refractivity contribution >= 4 is 0 Å². The van der Waals surface area contributed by atoms with Crippen LogP contribution >= 0.6 is 0 Å². The quantitative estimate of drug-likeness (QED) is 0.806. The molecule has 1 saturated carbocycles. The van der Waals surface area contributed by atoms with Crippen LogP contribution in [-0.2, 0) is 0 Å². The van der Waals surface area contributed by atoms with Crippen LogP contribution < -0.4 is 0 Å². The number of hydrogen-bond acceptors (Lipinski definition) is 2. The van der Waals surface area contributed by atoms with Gasteiger partial charge in [-0.15, -0.1) is 0 Å². The highest BCUT2D eigenvalue weighted by atomic mass is 19.3. The third-order valence-corrected chi connectivity index (χ3v) is 3.96. The summed E-state index contributed by atoms with van der Waals surface area (Å²) in [5.41, 5.74) is 0.404. The van der Waals surface area contributed by atoms with E-state index in [2.05, 4.69) is 4.90 Å². The maximum absolute atomic E-state index is 12.5. The molecule has 2 fully saturated rings. The van der Waals surface area contributed by atoms with Crippen LogP contribution in [0.5, 0.6) is 0 Å². The second-order valence-electron chi connectivity index (χ2n) is 5.30. The molecule has 2 nitrogen and oxygen atoms in total. The Kier molecular flexibility index (Phi) is 3.31. The SMILES string of the molecule is C[C@@H]1CC(=C(F)F)CCN1CC1(CO)CC1. The van der Waals surface area contributed by atoms with E-state index in [-0.39, 0.29) is 18.1 Å². The zero-order valence-corrected chi connectivity index (χ0v) is 9.68. The van der Waals surface area contributed by atoms with Crippen molar-refractivity contribution < 1.29 is 13.9 Å². The first-order valence-corrected chi connectivity index (χ1v) is 5.94. The summed E-state index contributed by atoms with van der Waals surface area (Å²) in [5, 5.41) is 9.26. The molecule has 16 heavy (non-hydrogen) atoms. The van der Waals surface area contributed by atoms with Gasteiger partial charge in [-0.1, -0.05) is 0 Å². The molecular weight excluding hydrogens is 212 g/mol. The smallest absolute Gasteiger partial charge is 0.269 e. The van der Waals surface area contributed by atoms with Crippen LogP contribution in [0.3, 0.4) is 0 Å². The highest BCUT2D eigenvalue weighted by molar-refractivity contribution is 5.09. The van der Waals surface area contributed by atoms with Crippen molar-refractivity contribution in [3.63, 3.8) is 0 Å². The van der Waals surface area contributed by atoms with Gasteiger partial charge >= 0.3 is 0 Å². The van der Waals surface area contributed by atoms with Crippen LogP contribution in [0.4, 0.5) is 8.78 Å². The molecule has 0 aromatic rings. The lowest BCUT2D eigenvalue weighted by molar-refractivity contribution is 0.109. The molecule has 1 saturated heterocycles. The third kappa shape index (κ3) is 2.43. The molecule has 0 spiro atoms. The average Bonchev–Trinajstić information content (AvgIpc) is 3.01. The number of likely N-dealkylation sites (tertiary alicyclic amines) is 1. The molecule has 0 bridgehead atoms. The van der Waals surface area contributed by atoms with E-state index >= 15 is 0 Å². The van der Waals surface area contributed by atoms with Crippen LogP contribution in [-0.4, -0.2) is 35.7 Å². The van der Waals surface area contributed by atoms with Gasteiger partial charge in [-0.25, -0.2) is 0 Å². The standard InChI is InChI=1S/C12H19F2NO/c1-9-6-10(11(13)14)2-5-15(9)7-12(8-16)3-4-12/h9,16H,2-8H2,1H3/t9-/m1/s1. The van der Waals surface area contributed by atoms with Crippen molar-refractivity contribution in [3.05, 3.63) is 11.7 Å². The minimum atomic E-state index is -1.49. The van der Waals surface area contributed by atoms with Gasteiger partial charge in [-0.05, 0) is 38.2 Å². The van der Waals surface area contributed by atoms with Gasteiger partial charge in [0, 0.05) is 31.2 Å². The van der Waals surface area contributed by atoms with Gasteiger partial charge in [0.2, 0.25) is 0 Å². The number of rotatable bonds is 3. The number of hydrogen-bond donors (Lipinski definition) is 1. The van der Waals surface area contributed by atoms with Crippen molar-refractivity contribution in [2.45, 2.75) is 38.6 Å². The predicted octanol–water partition coefficient (Wildman–Crippen LogP) is 2.39. The molecule has 1 N–H and O–H groups in total. The molecule has 0 unspecified atom stereocenters. The molecular formula is C12H19F2NO. The van der Waals surface area contributed by atoms with Gasteiger partial charge in [0.05, 0.1) is 0 Å². The van der Waals surface area contributed by atoms with Crippen LogP contribution in [0, 0.1) is 5.41 Å². The van der Waals surface area contributed by atoms with E-state index in [0.717, 1.165) is 19.4 Å². The summed E-state index contributed by atoms with van der Waals surface area (Å²) in [6.07, 6.45) is 1.62. The summed E-state index contributed by atoms with van der Waals surface area (Å²) in [5.74, 6) is 0. The Labute approximate surface area is 94.9 Å². The van der Waals surface area contributed by atoms with Gasteiger partial charge < -0.3 is 5.11 Å². The van der Waals surface area contributed by atoms with Crippen molar-refractivity contribution in [2.75, 3.05) is 19.7 Å². The van der Waals surface area contributed by atoms with Crippen molar-refractivity contribution in [1.29, 1.82) is 0 Å².